The number of benzene rings is 2. The highest BCUT2D eigenvalue weighted by atomic mass is 16.5. The molecule has 2 aromatic carbocycles. The zero-order valence-corrected chi connectivity index (χ0v) is 24.1. The predicted octanol–water partition coefficient (Wildman–Crippen LogP) is 4.12. The fourth-order valence-corrected chi connectivity index (χ4v) is 5.79. The van der Waals surface area contributed by atoms with Crippen LogP contribution in [0.3, 0.4) is 0 Å². The van der Waals surface area contributed by atoms with Gasteiger partial charge in [0.05, 0.1) is 32.1 Å². The number of rotatable bonds is 12. The van der Waals surface area contributed by atoms with Crippen LogP contribution in [0.4, 0.5) is 5.69 Å². The third-order valence-electron chi connectivity index (χ3n) is 7.96. The van der Waals surface area contributed by atoms with E-state index in [0.717, 1.165) is 68.3 Å². The first-order valence-corrected chi connectivity index (χ1v) is 14.1. The number of amides is 1. The summed E-state index contributed by atoms with van der Waals surface area (Å²) < 4.78 is 23.2. The first-order chi connectivity index (χ1) is 18.8. The third-order valence-corrected chi connectivity index (χ3v) is 7.96. The second-order valence-corrected chi connectivity index (χ2v) is 11.2. The first-order valence-electron chi connectivity index (χ1n) is 14.1. The van der Waals surface area contributed by atoms with Crippen LogP contribution in [0.2, 0.25) is 0 Å². The van der Waals surface area contributed by atoms with E-state index in [-0.39, 0.29) is 24.0 Å². The Labute approximate surface area is 233 Å². The highest BCUT2D eigenvalue weighted by Crippen LogP contribution is 2.37. The number of carbonyl (C=O) groups excluding carboxylic acids is 1. The van der Waals surface area contributed by atoms with Crippen molar-refractivity contribution in [2.24, 2.45) is 5.41 Å². The van der Waals surface area contributed by atoms with Crippen molar-refractivity contribution >= 4 is 11.6 Å². The van der Waals surface area contributed by atoms with Gasteiger partial charge >= 0.3 is 0 Å². The quantitative estimate of drug-likeness (QED) is 0.393. The summed E-state index contributed by atoms with van der Waals surface area (Å²) in [5.41, 5.74) is 3.04. The summed E-state index contributed by atoms with van der Waals surface area (Å²) in [7, 11) is 5.13. The lowest BCUT2D eigenvalue weighted by Gasteiger charge is -2.40. The molecule has 1 saturated heterocycles. The van der Waals surface area contributed by atoms with Gasteiger partial charge in [-0.05, 0) is 54.7 Å². The predicted molar refractivity (Wildman–Crippen MR) is 154 cm³/mol. The van der Waals surface area contributed by atoms with Gasteiger partial charge in [0.15, 0.2) is 0 Å². The van der Waals surface area contributed by atoms with E-state index in [1.165, 1.54) is 5.56 Å². The Balaban J connectivity index is 1.47. The van der Waals surface area contributed by atoms with Crippen LogP contribution in [-0.4, -0.2) is 72.2 Å². The van der Waals surface area contributed by atoms with Gasteiger partial charge in [-0.25, -0.2) is 0 Å². The molecule has 0 spiro atoms. The van der Waals surface area contributed by atoms with E-state index in [0.29, 0.717) is 13.2 Å². The number of ether oxygens (including phenoxy) is 4. The molecule has 0 bridgehead atoms. The van der Waals surface area contributed by atoms with E-state index in [4.69, 9.17) is 18.9 Å². The maximum atomic E-state index is 12.5. The molecular weight excluding hydrogens is 494 g/mol. The molecule has 39 heavy (non-hydrogen) atoms. The normalized spacial score (nSPS) is 21.2. The van der Waals surface area contributed by atoms with Gasteiger partial charge in [0.2, 0.25) is 5.91 Å². The minimum Gasteiger partial charge on any atom is -0.497 e. The van der Waals surface area contributed by atoms with Gasteiger partial charge in [0, 0.05) is 51.2 Å². The van der Waals surface area contributed by atoms with E-state index in [1.807, 2.05) is 26.0 Å². The summed E-state index contributed by atoms with van der Waals surface area (Å²) in [4.78, 5) is 14.8. The van der Waals surface area contributed by atoms with Crippen LogP contribution in [0, 0.1) is 5.41 Å². The Morgan fingerprint density at radius 2 is 1.97 bits per heavy atom. The number of hydrogen-bond donors (Lipinski definition) is 2. The van der Waals surface area contributed by atoms with Gasteiger partial charge in [-0.2, -0.15) is 0 Å². The van der Waals surface area contributed by atoms with E-state index in [9.17, 15) is 4.79 Å². The van der Waals surface area contributed by atoms with Gasteiger partial charge in [0.1, 0.15) is 18.1 Å². The third kappa shape index (κ3) is 7.44. The monoisotopic (exact) mass is 539 g/mol. The Bertz CT molecular complexity index is 1070. The summed E-state index contributed by atoms with van der Waals surface area (Å²) in [6.07, 6.45) is 2.63. The van der Waals surface area contributed by atoms with Gasteiger partial charge < -0.3 is 34.5 Å². The van der Waals surface area contributed by atoms with Gasteiger partial charge in [-0.3, -0.25) is 4.79 Å². The Morgan fingerprint density at radius 1 is 1.18 bits per heavy atom. The molecule has 2 heterocycles. The number of carbonyl (C=O) groups is 1. The molecule has 0 radical (unpaired) electrons. The molecule has 0 aromatic heterocycles. The Morgan fingerprint density at radius 3 is 2.69 bits per heavy atom. The molecule has 0 aliphatic carbocycles. The maximum Gasteiger partial charge on any atom is 0.225 e. The summed E-state index contributed by atoms with van der Waals surface area (Å²) in [6.45, 7) is 8.53. The van der Waals surface area contributed by atoms with Crippen molar-refractivity contribution in [3.8, 4) is 11.5 Å². The zero-order valence-electron chi connectivity index (χ0n) is 24.1. The molecule has 8 nitrogen and oxygen atoms in total. The van der Waals surface area contributed by atoms with Gasteiger partial charge in [0.25, 0.3) is 0 Å². The molecule has 2 N–H and O–H groups in total. The zero-order chi connectivity index (χ0) is 27.8. The van der Waals surface area contributed by atoms with Crippen LogP contribution in [0.5, 0.6) is 11.5 Å². The Hall–Kier alpha value is -2.81. The fourth-order valence-electron chi connectivity index (χ4n) is 5.79. The summed E-state index contributed by atoms with van der Waals surface area (Å²) in [5, 5.41) is 6.49. The van der Waals surface area contributed by atoms with E-state index in [1.54, 1.807) is 21.3 Å². The number of nitrogens with one attached hydrogen (secondary N) is 2. The number of piperidine rings is 1. The molecule has 1 amide bonds. The van der Waals surface area contributed by atoms with Crippen molar-refractivity contribution < 1.29 is 23.7 Å². The molecule has 4 rings (SSSR count). The van der Waals surface area contributed by atoms with Crippen LogP contribution < -0.4 is 25.0 Å². The van der Waals surface area contributed by atoms with Crippen LogP contribution in [0.1, 0.15) is 50.2 Å². The molecule has 0 saturated carbocycles. The largest absolute Gasteiger partial charge is 0.497 e. The van der Waals surface area contributed by atoms with Crippen molar-refractivity contribution in [1.82, 2.24) is 10.6 Å². The first kappa shape index (κ1) is 29.2. The number of anilines is 1. The molecule has 2 aliphatic heterocycles. The average molecular weight is 540 g/mol. The standard InChI is InChI=1S/C31H45N3O5/c1-31(2,30(35)32-3)19-24-18-26(23-8-10-25(37-5)11-9-23)29(20-33-24)39-21-22-7-12-28-27(17-22)34(14-16-38-28)13-6-15-36-4/h7-12,17,24,26,29,33H,6,13-16,18-21H2,1-5H3,(H,32,35)/t24?,26-,29+/m1/s1. The molecule has 1 unspecified atom stereocenters. The summed E-state index contributed by atoms with van der Waals surface area (Å²) in [5.74, 6) is 2.04. The fraction of sp³-hybridized carbons (Fsp3) is 0.581. The van der Waals surface area contributed by atoms with E-state index < -0.39 is 5.41 Å². The van der Waals surface area contributed by atoms with Crippen molar-refractivity contribution in [3.63, 3.8) is 0 Å². The number of nitrogens with zero attached hydrogens (tertiary/aromatic N) is 1. The van der Waals surface area contributed by atoms with Crippen molar-refractivity contribution in [3.05, 3.63) is 53.6 Å². The maximum absolute atomic E-state index is 12.5. The average Bonchev–Trinajstić information content (AvgIpc) is 2.96. The second-order valence-electron chi connectivity index (χ2n) is 11.2. The highest BCUT2D eigenvalue weighted by molar-refractivity contribution is 5.81. The minimum absolute atomic E-state index is 0.00264. The van der Waals surface area contributed by atoms with Crippen molar-refractivity contribution in [2.75, 3.05) is 59.0 Å². The SMILES string of the molecule is CNC(=O)C(C)(C)CC1C[C@H](c2ccc(OC)cc2)[C@@H](OCc2ccc3c(c2)N(CCCOC)CCO3)CN1. The summed E-state index contributed by atoms with van der Waals surface area (Å²) >= 11 is 0. The molecule has 1 fully saturated rings. The lowest BCUT2D eigenvalue weighted by Crippen LogP contribution is -2.50. The lowest BCUT2D eigenvalue weighted by atomic mass is 9.77. The van der Waals surface area contributed by atoms with Crippen LogP contribution in [-0.2, 0) is 20.9 Å². The van der Waals surface area contributed by atoms with E-state index in [2.05, 4.69) is 45.9 Å². The second kappa shape index (κ2) is 13.5. The molecule has 8 heteroatoms. The molecule has 214 valence electrons. The Kier molecular flexibility index (Phi) is 10.1. The summed E-state index contributed by atoms with van der Waals surface area (Å²) in [6, 6.07) is 14.9. The van der Waals surface area contributed by atoms with Gasteiger partial charge in [-0.15, -0.1) is 0 Å². The molecule has 2 aromatic rings. The van der Waals surface area contributed by atoms with Crippen molar-refractivity contribution in [1.29, 1.82) is 0 Å². The smallest absolute Gasteiger partial charge is 0.225 e. The highest BCUT2D eigenvalue weighted by Gasteiger charge is 2.37. The van der Waals surface area contributed by atoms with Crippen LogP contribution in [0.15, 0.2) is 42.5 Å². The number of methoxy groups -OCH3 is 2. The molecule has 3 atom stereocenters. The molecule has 2 aliphatic rings. The molecular formula is C31H45N3O5. The van der Waals surface area contributed by atoms with Crippen LogP contribution in [0.25, 0.3) is 0 Å². The lowest BCUT2D eigenvalue weighted by molar-refractivity contribution is -0.129. The number of hydrogen-bond acceptors (Lipinski definition) is 7. The number of fused-ring (bicyclic) bond motifs is 1. The topological polar surface area (TPSA) is 81.3 Å². The minimum atomic E-state index is -0.453. The van der Waals surface area contributed by atoms with Crippen LogP contribution >= 0.6 is 0 Å². The van der Waals surface area contributed by atoms with Gasteiger partial charge in [-0.1, -0.05) is 32.0 Å². The van der Waals surface area contributed by atoms with Crippen molar-refractivity contribution in [2.45, 2.75) is 57.8 Å². The van der Waals surface area contributed by atoms with E-state index >= 15 is 0 Å².